The highest BCUT2D eigenvalue weighted by Crippen LogP contribution is 2.14. The first-order valence-corrected chi connectivity index (χ1v) is 9.35. The lowest BCUT2D eigenvalue weighted by Gasteiger charge is -2.07. The van der Waals surface area contributed by atoms with Gasteiger partial charge in [-0.25, -0.2) is 4.79 Å². The van der Waals surface area contributed by atoms with Crippen LogP contribution in [0, 0.1) is 0 Å². The maximum atomic E-state index is 12.7. The number of rotatable bonds is 7. The number of carbonyl (C=O) groups is 2. The van der Waals surface area contributed by atoms with Crippen LogP contribution in [0.2, 0.25) is 0 Å². The molecule has 1 aromatic heterocycles. The molecule has 3 aromatic rings. The van der Waals surface area contributed by atoms with E-state index in [4.69, 9.17) is 0 Å². The Labute approximate surface area is 163 Å². The molecule has 7 heteroatoms. The maximum Gasteiger partial charge on any atom is 0.329 e. The molecule has 0 saturated carbocycles. The first kappa shape index (κ1) is 19.4. The summed E-state index contributed by atoms with van der Waals surface area (Å²) in [5.41, 5.74) is 2.77. The number of fused-ring (bicyclic) bond motifs is 1. The van der Waals surface area contributed by atoms with Crippen LogP contribution in [0.15, 0.2) is 53.3 Å². The van der Waals surface area contributed by atoms with Crippen molar-refractivity contribution < 1.29 is 9.59 Å². The summed E-state index contributed by atoms with van der Waals surface area (Å²) in [5.74, 6) is -0.368. The normalized spacial score (nSPS) is 10.8. The number of para-hydroxylation sites is 2. The monoisotopic (exact) mass is 380 g/mol. The standard InChI is InChI=1S/C21H24N4O3/c1-3-13-24-17-6-4-5-7-18(17)25(21(24)28)14-12-19(26)23-16-10-8-15(9-11-16)20(27)22-2/h4-11H,3,12-14H2,1-2H3,(H,22,27)(H,23,26). The van der Waals surface area contributed by atoms with Gasteiger partial charge >= 0.3 is 5.69 Å². The number of hydrogen-bond donors (Lipinski definition) is 2. The maximum absolute atomic E-state index is 12.7. The molecule has 0 spiro atoms. The van der Waals surface area contributed by atoms with E-state index in [1.54, 1.807) is 40.4 Å². The minimum absolute atomic E-state index is 0.0919. The van der Waals surface area contributed by atoms with E-state index >= 15 is 0 Å². The largest absolute Gasteiger partial charge is 0.355 e. The molecule has 0 aliphatic heterocycles. The number of imidazole rings is 1. The van der Waals surface area contributed by atoms with E-state index in [2.05, 4.69) is 10.6 Å². The number of nitrogens with one attached hydrogen (secondary N) is 2. The van der Waals surface area contributed by atoms with Gasteiger partial charge in [-0.1, -0.05) is 19.1 Å². The molecule has 0 fully saturated rings. The highest BCUT2D eigenvalue weighted by Gasteiger charge is 2.13. The van der Waals surface area contributed by atoms with E-state index in [9.17, 15) is 14.4 Å². The molecule has 0 aliphatic carbocycles. The summed E-state index contributed by atoms with van der Waals surface area (Å²) in [6.45, 7) is 2.98. The van der Waals surface area contributed by atoms with E-state index in [0.29, 0.717) is 24.3 Å². The molecule has 146 valence electrons. The van der Waals surface area contributed by atoms with Crippen LogP contribution in [0.5, 0.6) is 0 Å². The molecule has 28 heavy (non-hydrogen) atoms. The average molecular weight is 380 g/mol. The second-order valence-electron chi connectivity index (χ2n) is 6.53. The predicted molar refractivity (Wildman–Crippen MR) is 110 cm³/mol. The van der Waals surface area contributed by atoms with Crippen molar-refractivity contribution in [1.82, 2.24) is 14.5 Å². The Kier molecular flexibility index (Phi) is 5.93. The molecule has 2 aromatic carbocycles. The third-order valence-corrected chi connectivity index (χ3v) is 4.59. The molecule has 2 amide bonds. The smallest absolute Gasteiger partial charge is 0.329 e. The second kappa shape index (κ2) is 8.56. The van der Waals surface area contributed by atoms with Gasteiger partial charge in [0.15, 0.2) is 0 Å². The van der Waals surface area contributed by atoms with Crippen LogP contribution in [-0.4, -0.2) is 28.0 Å². The van der Waals surface area contributed by atoms with Crippen LogP contribution >= 0.6 is 0 Å². The fourth-order valence-electron chi connectivity index (χ4n) is 3.21. The van der Waals surface area contributed by atoms with Crippen molar-refractivity contribution in [3.05, 3.63) is 64.6 Å². The lowest BCUT2D eigenvalue weighted by molar-refractivity contribution is -0.116. The van der Waals surface area contributed by atoms with Crippen LogP contribution < -0.4 is 16.3 Å². The summed E-state index contributed by atoms with van der Waals surface area (Å²) < 4.78 is 3.41. The molecule has 2 N–H and O–H groups in total. The average Bonchev–Trinajstić information content (AvgIpc) is 2.98. The van der Waals surface area contributed by atoms with E-state index < -0.39 is 0 Å². The highest BCUT2D eigenvalue weighted by atomic mass is 16.2. The molecular weight excluding hydrogens is 356 g/mol. The molecular formula is C21H24N4O3. The van der Waals surface area contributed by atoms with Crippen molar-refractivity contribution in [2.75, 3.05) is 12.4 Å². The summed E-state index contributed by atoms with van der Waals surface area (Å²) in [4.78, 5) is 36.6. The predicted octanol–water partition coefficient (Wildman–Crippen LogP) is 2.60. The molecule has 0 radical (unpaired) electrons. The SMILES string of the molecule is CCCn1c(=O)n(CCC(=O)Nc2ccc(C(=O)NC)cc2)c2ccccc21. The van der Waals surface area contributed by atoms with Crippen LogP contribution in [0.1, 0.15) is 30.1 Å². The zero-order valence-electron chi connectivity index (χ0n) is 16.1. The fraction of sp³-hybridized carbons (Fsp3) is 0.286. The summed E-state index contributed by atoms with van der Waals surface area (Å²) in [6, 6.07) is 14.3. The third kappa shape index (κ3) is 3.98. The number of aromatic nitrogens is 2. The van der Waals surface area contributed by atoms with Gasteiger partial charge in [0.25, 0.3) is 5.91 Å². The van der Waals surface area contributed by atoms with Crippen molar-refractivity contribution >= 4 is 28.5 Å². The van der Waals surface area contributed by atoms with Crippen LogP contribution in [-0.2, 0) is 17.9 Å². The Morgan fingerprint density at radius 2 is 1.54 bits per heavy atom. The van der Waals surface area contributed by atoms with Crippen molar-refractivity contribution in [2.24, 2.45) is 0 Å². The second-order valence-corrected chi connectivity index (χ2v) is 6.53. The molecule has 0 aliphatic rings. The minimum Gasteiger partial charge on any atom is -0.355 e. The minimum atomic E-state index is -0.188. The van der Waals surface area contributed by atoms with Crippen LogP contribution in [0.25, 0.3) is 11.0 Å². The number of hydrogen-bond acceptors (Lipinski definition) is 3. The quantitative estimate of drug-likeness (QED) is 0.661. The van der Waals surface area contributed by atoms with Crippen molar-refractivity contribution in [3.8, 4) is 0 Å². The summed E-state index contributed by atoms with van der Waals surface area (Å²) in [6.07, 6.45) is 1.04. The zero-order chi connectivity index (χ0) is 20.1. The Bertz CT molecular complexity index is 1050. The topological polar surface area (TPSA) is 85.1 Å². The van der Waals surface area contributed by atoms with Gasteiger partial charge in [-0.2, -0.15) is 0 Å². The van der Waals surface area contributed by atoms with E-state index in [-0.39, 0.29) is 23.9 Å². The third-order valence-electron chi connectivity index (χ3n) is 4.59. The van der Waals surface area contributed by atoms with E-state index in [1.807, 2.05) is 31.2 Å². The molecule has 3 rings (SSSR count). The van der Waals surface area contributed by atoms with Crippen LogP contribution in [0.4, 0.5) is 5.69 Å². The number of carbonyl (C=O) groups excluding carboxylic acids is 2. The lowest BCUT2D eigenvalue weighted by atomic mass is 10.2. The molecule has 0 unspecified atom stereocenters. The van der Waals surface area contributed by atoms with Gasteiger partial charge in [0.05, 0.1) is 11.0 Å². The summed E-state index contributed by atoms with van der Waals surface area (Å²) in [5, 5.41) is 5.35. The van der Waals surface area contributed by atoms with Crippen molar-refractivity contribution in [1.29, 1.82) is 0 Å². The highest BCUT2D eigenvalue weighted by molar-refractivity contribution is 5.95. The van der Waals surface area contributed by atoms with Gasteiger partial charge in [-0.15, -0.1) is 0 Å². The first-order valence-electron chi connectivity index (χ1n) is 9.35. The summed E-state index contributed by atoms with van der Waals surface area (Å²) in [7, 11) is 1.57. The molecule has 0 bridgehead atoms. The fourth-order valence-corrected chi connectivity index (χ4v) is 3.21. The van der Waals surface area contributed by atoms with Gasteiger partial charge in [0.1, 0.15) is 0 Å². The zero-order valence-corrected chi connectivity index (χ0v) is 16.1. The van der Waals surface area contributed by atoms with Crippen LogP contribution in [0.3, 0.4) is 0 Å². The number of nitrogens with zero attached hydrogens (tertiary/aromatic N) is 2. The Morgan fingerprint density at radius 3 is 2.11 bits per heavy atom. The van der Waals surface area contributed by atoms with Gasteiger partial charge in [0.2, 0.25) is 5.91 Å². The number of anilines is 1. The van der Waals surface area contributed by atoms with Gasteiger partial charge in [0, 0.05) is 37.8 Å². The van der Waals surface area contributed by atoms with Gasteiger partial charge in [-0.3, -0.25) is 18.7 Å². The molecule has 0 saturated heterocycles. The van der Waals surface area contributed by atoms with Gasteiger partial charge < -0.3 is 10.6 Å². The van der Waals surface area contributed by atoms with Crippen molar-refractivity contribution in [3.63, 3.8) is 0 Å². The Balaban J connectivity index is 1.70. The molecule has 7 nitrogen and oxygen atoms in total. The van der Waals surface area contributed by atoms with Gasteiger partial charge in [-0.05, 0) is 42.8 Å². The van der Waals surface area contributed by atoms with E-state index in [0.717, 1.165) is 17.5 Å². The first-order chi connectivity index (χ1) is 13.5. The number of aryl methyl sites for hydroxylation is 2. The lowest BCUT2D eigenvalue weighted by Crippen LogP contribution is -2.26. The summed E-state index contributed by atoms with van der Waals surface area (Å²) >= 11 is 0. The number of benzene rings is 2. The number of amides is 2. The Hall–Kier alpha value is -3.35. The Morgan fingerprint density at radius 1 is 0.929 bits per heavy atom. The molecule has 0 atom stereocenters. The van der Waals surface area contributed by atoms with E-state index in [1.165, 1.54) is 0 Å². The molecule has 1 heterocycles. The van der Waals surface area contributed by atoms with Crippen molar-refractivity contribution in [2.45, 2.75) is 32.9 Å².